The Morgan fingerprint density at radius 3 is 2.38 bits per heavy atom. The Morgan fingerprint density at radius 2 is 1.76 bits per heavy atom. The summed E-state index contributed by atoms with van der Waals surface area (Å²) in [6.07, 6.45) is 1.60. The fraction of sp³-hybridized carbons (Fsp3) is 0.143. The topological polar surface area (TPSA) is 127 Å². The van der Waals surface area contributed by atoms with Gasteiger partial charge in [-0.1, -0.05) is 42.5 Å². The molecule has 0 bridgehead atoms. The van der Waals surface area contributed by atoms with Crippen molar-refractivity contribution in [1.29, 1.82) is 0 Å². The summed E-state index contributed by atoms with van der Waals surface area (Å²) >= 11 is 0. The third-order valence-electron chi connectivity index (χ3n) is 4.36. The van der Waals surface area contributed by atoms with Gasteiger partial charge in [-0.15, -0.1) is 0 Å². The van der Waals surface area contributed by atoms with E-state index in [2.05, 4.69) is 10.4 Å². The van der Waals surface area contributed by atoms with E-state index in [1.165, 1.54) is 16.8 Å². The zero-order valence-corrected chi connectivity index (χ0v) is 15.7. The maximum Gasteiger partial charge on any atom is 0.287 e. The van der Waals surface area contributed by atoms with E-state index in [-0.39, 0.29) is 17.7 Å². The molecule has 1 aromatic heterocycles. The van der Waals surface area contributed by atoms with E-state index in [1.807, 2.05) is 30.3 Å². The first-order valence-electron chi connectivity index (χ1n) is 8.86. The van der Waals surface area contributed by atoms with Crippen LogP contribution >= 0.6 is 0 Å². The van der Waals surface area contributed by atoms with E-state index in [0.717, 1.165) is 5.56 Å². The van der Waals surface area contributed by atoms with E-state index < -0.39 is 23.6 Å². The second-order valence-corrected chi connectivity index (χ2v) is 6.56. The molecule has 1 atom stereocenters. The first kappa shape index (κ1) is 19.8. The molecule has 29 heavy (non-hydrogen) atoms. The van der Waals surface area contributed by atoms with Crippen molar-refractivity contribution in [2.24, 2.45) is 12.8 Å². The molecule has 0 aliphatic rings. The number of carbonyl (C=O) groups excluding carboxylic acids is 3. The quantitative estimate of drug-likeness (QED) is 0.521. The number of nitrogens with zero attached hydrogens (tertiary/aromatic N) is 2. The summed E-state index contributed by atoms with van der Waals surface area (Å²) in [5, 5.41) is 16.3. The summed E-state index contributed by atoms with van der Waals surface area (Å²) in [7, 11) is 1.69. The Labute approximate surface area is 167 Å². The van der Waals surface area contributed by atoms with Gasteiger partial charge in [-0.2, -0.15) is 5.10 Å². The van der Waals surface area contributed by atoms with Gasteiger partial charge >= 0.3 is 0 Å². The lowest BCUT2D eigenvalue weighted by atomic mass is 10.0. The van der Waals surface area contributed by atoms with Gasteiger partial charge in [-0.05, 0) is 17.7 Å². The van der Waals surface area contributed by atoms with Gasteiger partial charge in [0.2, 0.25) is 5.78 Å². The van der Waals surface area contributed by atoms with Crippen molar-refractivity contribution in [3.63, 3.8) is 0 Å². The number of hydrogen-bond acceptors (Lipinski definition) is 5. The third kappa shape index (κ3) is 4.67. The van der Waals surface area contributed by atoms with E-state index in [1.54, 1.807) is 25.4 Å². The zero-order chi connectivity index (χ0) is 21.0. The molecule has 2 aromatic carbocycles. The second-order valence-electron chi connectivity index (χ2n) is 6.56. The monoisotopic (exact) mass is 392 g/mol. The molecule has 148 valence electrons. The van der Waals surface area contributed by atoms with Crippen LogP contribution in [0.1, 0.15) is 15.9 Å². The molecular weight excluding hydrogens is 372 g/mol. The van der Waals surface area contributed by atoms with Crippen molar-refractivity contribution in [1.82, 2.24) is 15.1 Å². The molecule has 0 fully saturated rings. The molecule has 0 unspecified atom stereocenters. The average molecular weight is 392 g/mol. The average Bonchev–Trinajstić information content (AvgIpc) is 3.11. The number of aromatic nitrogens is 2. The van der Waals surface area contributed by atoms with E-state index in [0.29, 0.717) is 11.3 Å². The van der Waals surface area contributed by atoms with Gasteiger partial charge in [0.05, 0.1) is 5.56 Å². The summed E-state index contributed by atoms with van der Waals surface area (Å²) in [5.74, 6) is -2.52. The van der Waals surface area contributed by atoms with Crippen molar-refractivity contribution in [3.05, 3.63) is 71.9 Å². The Balaban J connectivity index is 1.88. The summed E-state index contributed by atoms with van der Waals surface area (Å²) in [4.78, 5) is 36.7. The molecule has 0 saturated carbocycles. The third-order valence-corrected chi connectivity index (χ3v) is 4.36. The molecule has 0 aliphatic heterocycles. The number of hydrogen-bond donors (Lipinski definition) is 3. The van der Waals surface area contributed by atoms with Crippen LogP contribution in [0, 0.1) is 0 Å². The fourth-order valence-corrected chi connectivity index (χ4v) is 2.95. The first-order chi connectivity index (χ1) is 13.8. The van der Waals surface area contributed by atoms with Gasteiger partial charge in [0, 0.05) is 25.2 Å². The number of rotatable bonds is 7. The first-order valence-corrected chi connectivity index (χ1v) is 8.86. The second kappa shape index (κ2) is 8.39. The molecule has 0 spiro atoms. The zero-order valence-electron chi connectivity index (χ0n) is 15.7. The number of carbonyl (C=O) groups is 3. The number of aromatic hydroxyl groups is 1. The summed E-state index contributed by atoms with van der Waals surface area (Å²) in [6.45, 7) is 0. The van der Waals surface area contributed by atoms with Crippen LogP contribution in [0.15, 0.2) is 60.8 Å². The maximum absolute atomic E-state index is 12.9. The lowest BCUT2D eigenvalue weighted by Gasteiger charge is -2.16. The van der Waals surface area contributed by atoms with Crippen LogP contribution in [0.4, 0.5) is 0 Å². The van der Waals surface area contributed by atoms with Crippen molar-refractivity contribution in [2.75, 3.05) is 0 Å². The number of Topliss-reactive ketones (excluding diaryl/α,β-unsaturated/α-hetero) is 1. The molecule has 0 aliphatic carbocycles. The van der Waals surface area contributed by atoms with E-state index in [4.69, 9.17) is 5.73 Å². The number of phenols is 1. The number of aryl methyl sites for hydroxylation is 1. The van der Waals surface area contributed by atoms with Crippen LogP contribution in [-0.2, 0) is 23.1 Å². The number of nitrogens with one attached hydrogen (secondary N) is 1. The number of ketones is 1. The molecule has 0 radical (unpaired) electrons. The van der Waals surface area contributed by atoms with Crippen LogP contribution < -0.4 is 11.1 Å². The summed E-state index contributed by atoms with van der Waals surface area (Å²) in [5.41, 5.74) is 7.28. The molecule has 0 saturated heterocycles. The van der Waals surface area contributed by atoms with Gasteiger partial charge in [-0.3, -0.25) is 19.1 Å². The minimum atomic E-state index is -1.15. The number of nitrogens with two attached hydrogens (primary N) is 1. The van der Waals surface area contributed by atoms with Gasteiger partial charge < -0.3 is 16.2 Å². The van der Waals surface area contributed by atoms with E-state index >= 15 is 0 Å². The molecular formula is C21H20N4O4. The minimum absolute atomic E-state index is 0.0503. The lowest BCUT2D eigenvalue weighted by molar-refractivity contribution is -0.137. The van der Waals surface area contributed by atoms with Gasteiger partial charge in [0.15, 0.2) is 0 Å². The maximum atomic E-state index is 12.9. The van der Waals surface area contributed by atoms with Crippen molar-refractivity contribution < 1.29 is 19.5 Å². The normalized spacial score (nSPS) is 11.6. The van der Waals surface area contributed by atoms with Crippen molar-refractivity contribution in [2.45, 2.75) is 12.5 Å². The Hall–Kier alpha value is -3.94. The van der Waals surface area contributed by atoms with Crippen LogP contribution in [0.3, 0.4) is 0 Å². The Bertz CT molecular complexity index is 1040. The summed E-state index contributed by atoms with van der Waals surface area (Å²) in [6, 6.07) is 14.1. The lowest BCUT2D eigenvalue weighted by Crippen LogP contribution is -2.47. The number of phenolic OH excluding ortho intramolecular Hbond substituents is 1. The Kier molecular flexibility index (Phi) is 5.73. The highest BCUT2D eigenvalue weighted by atomic mass is 16.3. The van der Waals surface area contributed by atoms with E-state index in [9.17, 15) is 19.5 Å². The summed E-state index contributed by atoms with van der Waals surface area (Å²) < 4.78 is 1.50. The number of amides is 2. The van der Waals surface area contributed by atoms with Crippen LogP contribution in [0.2, 0.25) is 0 Å². The molecule has 3 rings (SSSR count). The SMILES string of the molecule is Cn1cc(C(=O)N[C@@H](Cc2ccc(O)cc2)C(=O)C(N)=O)c(-c2ccccc2)n1. The number of benzene rings is 2. The molecule has 1 heterocycles. The van der Waals surface area contributed by atoms with Crippen molar-refractivity contribution in [3.8, 4) is 17.0 Å². The molecule has 8 nitrogen and oxygen atoms in total. The standard InChI is InChI=1S/C21H20N4O4/c1-25-12-16(18(24-25)14-5-3-2-4-6-14)21(29)23-17(19(27)20(22)28)11-13-7-9-15(26)10-8-13/h2-10,12,17,26H,11H2,1H3,(H2,22,28)(H,23,29)/t17-/m0/s1. The van der Waals surface area contributed by atoms with Crippen LogP contribution in [0.5, 0.6) is 5.75 Å². The van der Waals surface area contributed by atoms with Gasteiger partial charge in [0.1, 0.15) is 17.5 Å². The molecule has 3 aromatic rings. The van der Waals surface area contributed by atoms with Gasteiger partial charge in [0.25, 0.3) is 11.8 Å². The minimum Gasteiger partial charge on any atom is -0.508 e. The van der Waals surface area contributed by atoms with Crippen LogP contribution in [-0.4, -0.2) is 38.5 Å². The largest absolute Gasteiger partial charge is 0.508 e. The molecule has 8 heteroatoms. The predicted molar refractivity (Wildman–Crippen MR) is 106 cm³/mol. The number of primary amides is 1. The highest BCUT2D eigenvalue weighted by molar-refractivity contribution is 6.38. The highest BCUT2D eigenvalue weighted by Crippen LogP contribution is 2.22. The van der Waals surface area contributed by atoms with Crippen LogP contribution in [0.25, 0.3) is 11.3 Å². The smallest absolute Gasteiger partial charge is 0.287 e. The Morgan fingerprint density at radius 1 is 1.10 bits per heavy atom. The fourth-order valence-electron chi connectivity index (χ4n) is 2.95. The highest BCUT2D eigenvalue weighted by Gasteiger charge is 2.27. The van der Waals surface area contributed by atoms with Crippen molar-refractivity contribution >= 4 is 17.6 Å². The predicted octanol–water partition coefficient (Wildman–Crippen LogP) is 1.19. The molecule has 2 amide bonds. The van der Waals surface area contributed by atoms with Gasteiger partial charge in [-0.25, -0.2) is 0 Å². The molecule has 4 N–H and O–H groups in total.